The van der Waals surface area contributed by atoms with Crippen LogP contribution < -0.4 is 0 Å². The second-order valence-corrected chi connectivity index (χ2v) is 3.63. The van der Waals surface area contributed by atoms with E-state index in [9.17, 15) is 3.89 Å². The molecule has 0 spiro atoms. The van der Waals surface area contributed by atoms with Crippen LogP contribution in [0.5, 0.6) is 0 Å². The summed E-state index contributed by atoms with van der Waals surface area (Å²) in [4.78, 5) is 4.03. The van der Waals surface area contributed by atoms with Crippen LogP contribution in [0, 0.1) is 6.92 Å². The summed E-state index contributed by atoms with van der Waals surface area (Å²) in [5, 5.41) is 1.30. The van der Waals surface area contributed by atoms with Crippen LogP contribution in [0.25, 0.3) is 11.0 Å². The molecule has 0 amide bonds. The minimum atomic E-state index is 0.123. The van der Waals surface area contributed by atoms with Crippen LogP contribution >= 0.6 is 23.9 Å². The summed E-state index contributed by atoms with van der Waals surface area (Å²) >= 11 is 5.82. The first kappa shape index (κ1) is 8.84. The summed E-state index contributed by atoms with van der Waals surface area (Å²) in [5.41, 5.74) is 1.56. The first-order chi connectivity index (χ1) is 6.22. The molecule has 0 atom stereocenters. The third kappa shape index (κ3) is 1.40. The van der Waals surface area contributed by atoms with Crippen molar-refractivity contribution in [3.63, 3.8) is 0 Å². The Morgan fingerprint density at radius 3 is 3.00 bits per heavy atom. The van der Waals surface area contributed by atoms with Crippen LogP contribution in [-0.4, -0.2) is 8.96 Å². The Labute approximate surface area is 84.1 Å². The topological polar surface area (TPSA) is 17.8 Å². The lowest BCUT2D eigenvalue weighted by atomic mass is 10.2. The average molecular weight is 217 g/mol. The zero-order valence-corrected chi connectivity index (χ0v) is 8.36. The van der Waals surface area contributed by atoms with Crippen molar-refractivity contribution in [2.45, 2.75) is 6.92 Å². The molecule has 0 aliphatic rings. The van der Waals surface area contributed by atoms with Gasteiger partial charge in [0, 0.05) is 11.6 Å². The first-order valence-electron chi connectivity index (χ1n) is 3.65. The van der Waals surface area contributed by atoms with Crippen molar-refractivity contribution in [1.29, 1.82) is 0 Å². The maximum atomic E-state index is 12.4. The van der Waals surface area contributed by atoms with Crippen LogP contribution in [-0.2, 0) is 0 Å². The lowest BCUT2D eigenvalue weighted by Gasteiger charge is -1.94. The lowest BCUT2D eigenvalue weighted by Crippen LogP contribution is -1.83. The standard InChI is InChI=1S/C8H6ClFN2S/c1-5-4-12(13-10)8-6(5)2-3-7(9)11-8/h2-4H,1H3. The van der Waals surface area contributed by atoms with Gasteiger partial charge in [0.1, 0.15) is 5.15 Å². The van der Waals surface area contributed by atoms with Crippen molar-refractivity contribution in [2.24, 2.45) is 0 Å². The monoisotopic (exact) mass is 216 g/mol. The Kier molecular flexibility index (Phi) is 2.17. The van der Waals surface area contributed by atoms with Gasteiger partial charge in [-0.1, -0.05) is 11.6 Å². The molecule has 2 nitrogen and oxygen atoms in total. The van der Waals surface area contributed by atoms with Gasteiger partial charge in [0.2, 0.25) is 0 Å². The van der Waals surface area contributed by atoms with E-state index in [1.54, 1.807) is 12.3 Å². The third-order valence-electron chi connectivity index (χ3n) is 1.86. The summed E-state index contributed by atoms with van der Waals surface area (Å²) in [7, 11) is 0. The molecule has 2 heterocycles. The van der Waals surface area contributed by atoms with Crippen molar-refractivity contribution in [1.82, 2.24) is 8.96 Å². The molecule has 0 saturated heterocycles. The van der Waals surface area contributed by atoms with Gasteiger partial charge in [-0.15, -0.1) is 3.89 Å². The maximum Gasteiger partial charge on any atom is 0.171 e. The number of pyridine rings is 1. The maximum absolute atomic E-state index is 12.4. The Morgan fingerprint density at radius 1 is 1.54 bits per heavy atom. The zero-order valence-electron chi connectivity index (χ0n) is 6.79. The molecule has 0 bridgehead atoms. The van der Waals surface area contributed by atoms with Crippen LogP contribution in [0.4, 0.5) is 3.89 Å². The van der Waals surface area contributed by atoms with E-state index < -0.39 is 0 Å². The molecule has 0 fully saturated rings. The minimum absolute atomic E-state index is 0.123. The zero-order chi connectivity index (χ0) is 9.42. The molecule has 2 aromatic rings. The molecule has 0 radical (unpaired) electrons. The Bertz CT molecular complexity index is 455. The highest BCUT2D eigenvalue weighted by molar-refractivity contribution is 7.92. The minimum Gasteiger partial charge on any atom is -0.247 e. The van der Waals surface area contributed by atoms with Gasteiger partial charge in [0.25, 0.3) is 0 Å². The smallest absolute Gasteiger partial charge is 0.171 e. The van der Waals surface area contributed by atoms with E-state index in [4.69, 9.17) is 11.6 Å². The number of fused-ring (bicyclic) bond motifs is 1. The predicted octanol–water partition coefficient (Wildman–Crippen LogP) is 3.38. The highest BCUT2D eigenvalue weighted by Crippen LogP contribution is 2.24. The Hall–Kier alpha value is -0.740. The molecule has 13 heavy (non-hydrogen) atoms. The molecule has 68 valence electrons. The van der Waals surface area contributed by atoms with Gasteiger partial charge in [0.05, 0.1) is 0 Å². The van der Waals surface area contributed by atoms with E-state index in [2.05, 4.69) is 4.98 Å². The molecule has 2 aromatic heterocycles. The van der Waals surface area contributed by atoms with Gasteiger partial charge in [-0.05, 0) is 24.6 Å². The van der Waals surface area contributed by atoms with Crippen LogP contribution in [0.3, 0.4) is 0 Å². The van der Waals surface area contributed by atoms with E-state index in [0.29, 0.717) is 10.8 Å². The second-order valence-electron chi connectivity index (χ2n) is 2.71. The van der Waals surface area contributed by atoms with Crippen molar-refractivity contribution >= 4 is 35.0 Å². The SMILES string of the molecule is Cc1cn(SF)c2nc(Cl)ccc12. The van der Waals surface area contributed by atoms with E-state index in [0.717, 1.165) is 10.9 Å². The van der Waals surface area contributed by atoms with Crippen molar-refractivity contribution < 1.29 is 3.89 Å². The molecule has 5 heteroatoms. The van der Waals surface area contributed by atoms with E-state index in [1.165, 1.54) is 3.97 Å². The Morgan fingerprint density at radius 2 is 2.31 bits per heavy atom. The number of hydrogen-bond donors (Lipinski definition) is 0. The number of hydrogen-bond acceptors (Lipinski definition) is 2. The molecule has 0 aromatic carbocycles. The summed E-state index contributed by atoms with van der Waals surface area (Å²) in [6.07, 6.45) is 1.69. The van der Waals surface area contributed by atoms with Gasteiger partial charge < -0.3 is 0 Å². The van der Waals surface area contributed by atoms with Crippen LogP contribution in [0.2, 0.25) is 5.15 Å². The number of aromatic nitrogens is 2. The predicted molar refractivity (Wildman–Crippen MR) is 53.6 cm³/mol. The Balaban J connectivity index is 2.81. The largest absolute Gasteiger partial charge is 0.247 e. The summed E-state index contributed by atoms with van der Waals surface area (Å²) in [6.45, 7) is 1.91. The fraction of sp³-hybridized carbons (Fsp3) is 0.125. The number of halogens is 2. The second kappa shape index (κ2) is 3.20. The van der Waals surface area contributed by atoms with Crippen LogP contribution in [0.1, 0.15) is 5.56 Å². The molecule has 0 saturated carbocycles. The molecule has 0 aliphatic heterocycles. The number of rotatable bonds is 1. The number of aryl methyl sites for hydroxylation is 1. The highest BCUT2D eigenvalue weighted by Gasteiger charge is 2.07. The van der Waals surface area contributed by atoms with Gasteiger partial charge >= 0.3 is 0 Å². The van der Waals surface area contributed by atoms with Crippen molar-refractivity contribution in [3.05, 3.63) is 29.0 Å². The average Bonchev–Trinajstić information content (AvgIpc) is 2.42. The molecular formula is C8H6ClFN2S. The van der Waals surface area contributed by atoms with E-state index >= 15 is 0 Å². The normalized spacial score (nSPS) is 11.0. The molecule has 2 rings (SSSR count). The summed E-state index contributed by atoms with van der Waals surface area (Å²) in [5.74, 6) is 0. The number of nitrogens with zero attached hydrogens (tertiary/aromatic N) is 2. The summed E-state index contributed by atoms with van der Waals surface area (Å²) < 4.78 is 13.8. The lowest BCUT2D eigenvalue weighted by molar-refractivity contribution is 0.919. The van der Waals surface area contributed by atoms with E-state index in [1.807, 2.05) is 13.0 Å². The van der Waals surface area contributed by atoms with E-state index in [-0.39, 0.29) is 12.3 Å². The van der Waals surface area contributed by atoms with Crippen LogP contribution in [0.15, 0.2) is 18.3 Å². The molecule has 0 unspecified atom stereocenters. The third-order valence-corrected chi connectivity index (χ3v) is 2.50. The first-order valence-corrected chi connectivity index (χ1v) is 4.71. The van der Waals surface area contributed by atoms with Gasteiger partial charge in [-0.25, -0.2) is 8.96 Å². The van der Waals surface area contributed by atoms with Crippen molar-refractivity contribution in [2.75, 3.05) is 0 Å². The molecular weight excluding hydrogens is 211 g/mol. The van der Waals surface area contributed by atoms with Gasteiger partial charge in [-0.3, -0.25) is 0 Å². The molecule has 0 N–H and O–H groups in total. The fourth-order valence-electron chi connectivity index (χ4n) is 1.26. The summed E-state index contributed by atoms with van der Waals surface area (Å²) in [6, 6.07) is 3.54. The van der Waals surface area contributed by atoms with Crippen molar-refractivity contribution in [3.8, 4) is 0 Å². The van der Waals surface area contributed by atoms with Gasteiger partial charge in [-0.2, -0.15) is 0 Å². The quantitative estimate of drug-likeness (QED) is 0.681. The van der Waals surface area contributed by atoms with Gasteiger partial charge in [0.15, 0.2) is 18.0 Å². The fourth-order valence-corrected chi connectivity index (χ4v) is 1.81. The highest BCUT2D eigenvalue weighted by atomic mass is 35.5. The molecule has 0 aliphatic carbocycles.